The maximum absolute atomic E-state index is 12.5. The molecular weight excluding hydrogens is 254 g/mol. The van der Waals surface area contributed by atoms with Gasteiger partial charge in [-0.05, 0) is 20.4 Å². The highest BCUT2D eigenvalue weighted by Crippen LogP contribution is 2.12. The van der Waals surface area contributed by atoms with Crippen molar-refractivity contribution in [2.75, 3.05) is 38.0 Å². The Balaban J connectivity index is 2.06. The standard InChI is InChI=1S/C14H23N5O/c1-4-16-13-9-15-8-12(17-13)14(20)19-7-6-18(5-2)11(3)10-19/h8-9,11H,4-7,10H2,1-3H3,(H,16,17). The van der Waals surface area contributed by atoms with Gasteiger partial charge in [0.05, 0.1) is 12.4 Å². The van der Waals surface area contributed by atoms with Gasteiger partial charge in [0.1, 0.15) is 11.5 Å². The second-order valence-corrected chi connectivity index (χ2v) is 5.05. The maximum Gasteiger partial charge on any atom is 0.274 e. The number of piperazine rings is 1. The first-order valence-corrected chi connectivity index (χ1v) is 7.25. The summed E-state index contributed by atoms with van der Waals surface area (Å²) in [4.78, 5) is 25.1. The topological polar surface area (TPSA) is 61.4 Å². The first-order valence-electron chi connectivity index (χ1n) is 7.25. The van der Waals surface area contributed by atoms with Crippen LogP contribution in [0.3, 0.4) is 0 Å². The molecular formula is C14H23N5O. The van der Waals surface area contributed by atoms with E-state index in [4.69, 9.17) is 0 Å². The van der Waals surface area contributed by atoms with E-state index in [9.17, 15) is 4.79 Å². The zero-order valence-corrected chi connectivity index (χ0v) is 12.5. The third kappa shape index (κ3) is 3.25. The quantitative estimate of drug-likeness (QED) is 0.892. The van der Waals surface area contributed by atoms with Crippen LogP contribution >= 0.6 is 0 Å². The summed E-state index contributed by atoms with van der Waals surface area (Å²) >= 11 is 0. The average Bonchev–Trinajstić information content (AvgIpc) is 2.47. The van der Waals surface area contributed by atoms with Crippen LogP contribution in [0.1, 0.15) is 31.3 Å². The van der Waals surface area contributed by atoms with Gasteiger partial charge >= 0.3 is 0 Å². The number of aromatic nitrogens is 2. The highest BCUT2D eigenvalue weighted by atomic mass is 16.2. The molecule has 2 heterocycles. The molecule has 1 unspecified atom stereocenters. The number of nitrogens with one attached hydrogen (secondary N) is 1. The molecule has 1 N–H and O–H groups in total. The lowest BCUT2D eigenvalue weighted by molar-refractivity contribution is 0.0522. The van der Waals surface area contributed by atoms with E-state index in [0.29, 0.717) is 17.6 Å². The second-order valence-electron chi connectivity index (χ2n) is 5.05. The van der Waals surface area contributed by atoms with Crippen LogP contribution in [0.4, 0.5) is 5.82 Å². The summed E-state index contributed by atoms with van der Waals surface area (Å²) in [6.45, 7) is 10.5. The Hall–Kier alpha value is -1.69. The number of carbonyl (C=O) groups excluding carboxylic acids is 1. The Bertz CT molecular complexity index is 465. The average molecular weight is 277 g/mol. The summed E-state index contributed by atoms with van der Waals surface area (Å²) in [6.07, 6.45) is 3.18. The number of amides is 1. The first kappa shape index (κ1) is 14.7. The number of anilines is 1. The minimum atomic E-state index is -0.0279. The number of carbonyl (C=O) groups is 1. The molecule has 6 nitrogen and oxygen atoms in total. The summed E-state index contributed by atoms with van der Waals surface area (Å²) < 4.78 is 0. The van der Waals surface area contributed by atoms with E-state index >= 15 is 0 Å². The van der Waals surface area contributed by atoms with Crippen molar-refractivity contribution in [1.29, 1.82) is 0 Å². The van der Waals surface area contributed by atoms with E-state index in [-0.39, 0.29) is 5.91 Å². The molecule has 6 heteroatoms. The zero-order valence-electron chi connectivity index (χ0n) is 12.5. The lowest BCUT2D eigenvalue weighted by Crippen LogP contribution is -2.53. The van der Waals surface area contributed by atoms with E-state index in [1.54, 1.807) is 12.4 Å². The van der Waals surface area contributed by atoms with Crippen LogP contribution in [0, 0.1) is 0 Å². The fraction of sp³-hybridized carbons (Fsp3) is 0.643. The fourth-order valence-electron chi connectivity index (χ4n) is 2.55. The van der Waals surface area contributed by atoms with Gasteiger partial charge in [-0.3, -0.25) is 14.7 Å². The van der Waals surface area contributed by atoms with E-state index in [0.717, 1.165) is 32.7 Å². The summed E-state index contributed by atoms with van der Waals surface area (Å²) in [5.74, 6) is 0.624. The SMILES string of the molecule is CCNc1cncc(C(=O)N2CCN(CC)C(C)C2)n1. The van der Waals surface area contributed by atoms with Crippen molar-refractivity contribution < 1.29 is 4.79 Å². The summed E-state index contributed by atoms with van der Waals surface area (Å²) in [7, 11) is 0. The molecule has 110 valence electrons. The highest BCUT2D eigenvalue weighted by molar-refractivity contribution is 5.92. The molecule has 1 aliphatic heterocycles. The zero-order chi connectivity index (χ0) is 14.5. The van der Waals surface area contributed by atoms with Gasteiger partial charge in [-0.25, -0.2) is 4.98 Å². The van der Waals surface area contributed by atoms with Crippen molar-refractivity contribution in [1.82, 2.24) is 19.8 Å². The number of likely N-dealkylation sites (N-methyl/N-ethyl adjacent to an activating group) is 1. The van der Waals surface area contributed by atoms with Crippen molar-refractivity contribution in [3.63, 3.8) is 0 Å². The van der Waals surface area contributed by atoms with Crippen LogP contribution in [0.15, 0.2) is 12.4 Å². The van der Waals surface area contributed by atoms with Gasteiger partial charge in [0.2, 0.25) is 0 Å². The van der Waals surface area contributed by atoms with Gasteiger partial charge in [0.15, 0.2) is 0 Å². The molecule has 1 aliphatic rings. The molecule has 20 heavy (non-hydrogen) atoms. The van der Waals surface area contributed by atoms with Gasteiger partial charge in [0, 0.05) is 32.2 Å². The molecule has 0 radical (unpaired) electrons. The summed E-state index contributed by atoms with van der Waals surface area (Å²) in [6, 6.07) is 0.391. The first-order chi connectivity index (χ1) is 9.65. The Kier molecular flexibility index (Phi) is 4.89. The molecule has 2 rings (SSSR count). The van der Waals surface area contributed by atoms with Gasteiger partial charge < -0.3 is 10.2 Å². The van der Waals surface area contributed by atoms with Crippen LogP contribution in [0.5, 0.6) is 0 Å². The molecule has 1 fully saturated rings. The van der Waals surface area contributed by atoms with E-state index in [2.05, 4.69) is 34.0 Å². The van der Waals surface area contributed by atoms with Crippen molar-refractivity contribution in [3.8, 4) is 0 Å². The van der Waals surface area contributed by atoms with Crippen LogP contribution < -0.4 is 5.32 Å². The lowest BCUT2D eigenvalue weighted by Gasteiger charge is -2.39. The molecule has 0 bridgehead atoms. The summed E-state index contributed by atoms with van der Waals surface area (Å²) in [5.41, 5.74) is 0.417. The normalized spacial score (nSPS) is 19.9. The Labute approximate surface area is 120 Å². The Morgan fingerprint density at radius 3 is 2.85 bits per heavy atom. The number of hydrogen-bond acceptors (Lipinski definition) is 5. The molecule has 1 atom stereocenters. The molecule has 0 saturated carbocycles. The Morgan fingerprint density at radius 1 is 1.40 bits per heavy atom. The predicted molar refractivity (Wildman–Crippen MR) is 78.8 cm³/mol. The van der Waals surface area contributed by atoms with Crippen LogP contribution in [-0.2, 0) is 0 Å². The number of nitrogens with zero attached hydrogens (tertiary/aromatic N) is 4. The molecule has 1 aromatic heterocycles. The monoisotopic (exact) mass is 277 g/mol. The van der Waals surface area contributed by atoms with E-state index < -0.39 is 0 Å². The number of hydrogen-bond donors (Lipinski definition) is 1. The number of rotatable bonds is 4. The summed E-state index contributed by atoms with van der Waals surface area (Å²) in [5, 5.41) is 3.08. The smallest absolute Gasteiger partial charge is 0.274 e. The predicted octanol–water partition coefficient (Wildman–Crippen LogP) is 1.07. The highest BCUT2D eigenvalue weighted by Gasteiger charge is 2.27. The van der Waals surface area contributed by atoms with Gasteiger partial charge in [-0.15, -0.1) is 0 Å². The Morgan fingerprint density at radius 2 is 2.20 bits per heavy atom. The van der Waals surface area contributed by atoms with Crippen molar-refractivity contribution in [2.45, 2.75) is 26.8 Å². The van der Waals surface area contributed by atoms with Crippen molar-refractivity contribution >= 4 is 11.7 Å². The molecule has 0 aromatic carbocycles. The molecule has 1 saturated heterocycles. The molecule has 1 amide bonds. The van der Waals surface area contributed by atoms with Crippen molar-refractivity contribution in [3.05, 3.63) is 18.1 Å². The minimum absolute atomic E-state index is 0.0279. The third-order valence-electron chi connectivity index (χ3n) is 3.67. The van der Waals surface area contributed by atoms with E-state index in [1.165, 1.54) is 0 Å². The van der Waals surface area contributed by atoms with Gasteiger partial charge in [0.25, 0.3) is 5.91 Å². The fourth-order valence-corrected chi connectivity index (χ4v) is 2.55. The van der Waals surface area contributed by atoms with Crippen LogP contribution in [0.25, 0.3) is 0 Å². The van der Waals surface area contributed by atoms with Crippen LogP contribution in [-0.4, -0.2) is 64.4 Å². The molecule has 0 aliphatic carbocycles. The maximum atomic E-state index is 12.5. The lowest BCUT2D eigenvalue weighted by atomic mass is 10.2. The van der Waals surface area contributed by atoms with Crippen molar-refractivity contribution in [2.24, 2.45) is 0 Å². The molecule has 1 aromatic rings. The third-order valence-corrected chi connectivity index (χ3v) is 3.67. The molecule has 0 spiro atoms. The second kappa shape index (κ2) is 6.65. The van der Waals surface area contributed by atoms with E-state index in [1.807, 2.05) is 11.8 Å². The van der Waals surface area contributed by atoms with Gasteiger partial charge in [-0.1, -0.05) is 6.92 Å². The van der Waals surface area contributed by atoms with Gasteiger partial charge in [-0.2, -0.15) is 0 Å². The van der Waals surface area contributed by atoms with Crippen LogP contribution in [0.2, 0.25) is 0 Å². The largest absolute Gasteiger partial charge is 0.369 e. The minimum Gasteiger partial charge on any atom is -0.369 e.